The first-order chi connectivity index (χ1) is 19.4. The number of imidazole rings is 1. The summed E-state index contributed by atoms with van der Waals surface area (Å²) in [6.45, 7) is 0. The first-order valence-corrected chi connectivity index (χ1v) is 12.3. The van der Waals surface area contributed by atoms with Crippen LogP contribution in [-0.2, 0) is 21.1 Å². The molecule has 0 aliphatic carbocycles. The molecule has 4 aromatic heterocycles. The summed E-state index contributed by atoms with van der Waals surface area (Å²) in [4.78, 5) is 55.4. The third-order valence-corrected chi connectivity index (χ3v) is 6.64. The van der Waals surface area contributed by atoms with Crippen LogP contribution in [0.15, 0.2) is 61.2 Å². The van der Waals surface area contributed by atoms with Crippen molar-refractivity contribution in [1.82, 2.24) is 23.3 Å². The second kappa shape index (κ2) is 10.1. The second-order valence-corrected chi connectivity index (χ2v) is 9.53. The smallest absolute Gasteiger partial charge is 0.411 e. The van der Waals surface area contributed by atoms with Crippen LogP contribution in [-0.4, -0.2) is 59.2 Å². The quantitative estimate of drug-likeness (QED) is 0.248. The van der Waals surface area contributed by atoms with E-state index in [2.05, 4.69) is 15.6 Å². The summed E-state index contributed by atoms with van der Waals surface area (Å²) in [7, 11) is 6.45. The van der Waals surface area contributed by atoms with E-state index in [9.17, 15) is 24.3 Å². The molecule has 4 heterocycles. The van der Waals surface area contributed by atoms with Gasteiger partial charge in [0.05, 0.1) is 16.9 Å². The number of amides is 3. The monoisotopic (exact) mass is 557 g/mol. The van der Waals surface area contributed by atoms with E-state index >= 15 is 0 Å². The molecule has 0 aliphatic heterocycles. The van der Waals surface area contributed by atoms with Crippen LogP contribution in [0.1, 0.15) is 31.6 Å². The van der Waals surface area contributed by atoms with Crippen LogP contribution >= 0.6 is 0 Å². The molecule has 14 heteroatoms. The fourth-order valence-electron chi connectivity index (χ4n) is 4.54. The average molecular weight is 558 g/mol. The third kappa shape index (κ3) is 5.01. The van der Waals surface area contributed by atoms with E-state index in [0.29, 0.717) is 33.7 Å². The Bertz CT molecular complexity index is 1860. The van der Waals surface area contributed by atoms with Gasteiger partial charge in [-0.15, -0.1) is 0 Å². The number of hydrogen-bond acceptors (Lipinski definition) is 6. The van der Waals surface area contributed by atoms with Gasteiger partial charge >= 0.3 is 6.09 Å². The van der Waals surface area contributed by atoms with Crippen molar-refractivity contribution in [3.8, 4) is 0 Å². The van der Waals surface area contributed by atoms with Gasteiger partial charge in [0, 0.05) is 64.1 Å². The number of aromatic nitrogens is 5. The number of nitrogen functional groups attached to an aromatic ring is 1. The molecule has 210 valence electrons. The van der Waals surface area contributed by atoms with E-state index in [1.54, 1.807) is 79.2 Å². The van der Waals surface area contributed by atoms with Crippen LogP contribution in [0.5, 0.6) is 0 Å². The number of fused-ring (bicyclic) bond motifs is 1. The normalized spacial score (nSPS) is 11.0. The molecule has 0 radical (unpaired) electrons. The lowest BCUT2D eigenvalue weighted by Gasteiger charge is -2.13. The topological polar surface area (TPSA) is 174 Å². The molecule has 1 aromatic carbocycles. The lowest BCUT2D eigenvalue weighted by Crippen LogP contribution is -2.23. The Balaban J connectivity index is 1.32. The van der Waals surface area contributed by atoms with Gasteiger partial charge in [0.15, 0.2) is 0 Å². The highest BCUT2D eigenvalue weighted by Gasteiger charge is 2.20. The van der Waals surface area contributed by atoms with Crippen LogP contribution in [0.25, 0.3) is 10.9 Å². The van der Waals surface area contributed by atoms with Gasteiger partial charge < -0.3 is 35.2 Å². The number of nitrogens with zero attached hydrogens (tertiary/aromatic N) is 6. The van der Waals surface area contributed by atoms with Gasteiger partial charge in [-0.25, -0.2) is 9.78 Å². The number of hydrogen-bond donors (Lipinski definition) is 4. The molecular weight excluding hydrogens is 530 g/mol. The zero-order chi connectivity index (χ0) is 29.6. The van der Waals surface area contributed by atoms with Gasteiger partial charge in [-0.3, -0.25) is 23.9 Å². The Labute approximate surface area is 233 Å². The Hall–Kier alpha value is -5.79. The first kappa shape index (κ1) is 26.8. The van der Waals surface area contributed by atoms with Crippen LogP contribution in [0.4, 0.5) is 27.7 Å². The van der Waals surface area contributed by atoms with Crippen molar-refractivity contribution in [2.45, 2.75) is 0 Å². The van der Waals surface area contributed by atoms with Crippen molar-refractivity contribution in [3.63, 3.8) is 0 Å². The number of rotatable bonds is 6. The standard InChI is InChI=1S/C27H27N9O5/c1-32-12-16(30-25(38)23-31-22(28)14-34(23)3)10-20(32)24(37)29-17-11-21(33(2)13-17)26(39)36-8-7-15-9-18(5-6-19(15)36)35(4)27(40)41/h5-14H,28H2,1-4H3,(H,29,37)(H,30,38)(H,40,41). The van der Waals surface area contributed by atoms with Crippen LogP contribution in [0.3, 0.4) is 0 Å². The van der Waals surface area contributed by atoms with Crippen molar-refractivity contribution < 1.29 is 24.3 Å². The Morgan fingerprint density at radius 2 is 1.49 bits per heavy atom. The molecule has 0 unspecified atom stereocenters. The minimum Gasteiger partial charge on any atom is -0.465 e. The molecule has 0 aliphatic rings. The van der Waals surface area contributed by atoms with Crippen LogP contribution < -0.4 is 21.3 Å². The molecule has 0 saturated carbocycles. The lowest BCUT2D eigenvalue weighted by molar-refractivity contribution is 0.0954. The summed E-state index contributed by atoms with van der Waals surface area (Å²) >= 11 is 0. The maximum Gasteiger partial charge on any atom is 0.411 e. The molecular formula is C27H27N9O5. The highest BCUT2D eigenvalue weighted by Crippen LogP contribution is 2.25. The zero-order valence-corrected chi connectivity index (χ0v) is 22.6. The van der Waals surface area contributed by atoms with Crippen LogP contribution in [0, 0.1) is 0 Å². The van der Waals surface area contributed by atoms with Crippen LogP contribution in [0.2, 0.25) is 0 Å². The van der Waals surface area contributed by atoms with E-state index in [-0.39, 0.29) is 23.2 Å². The molecule has 5 aromatic rings. The molecule has 0 spiro atoms. The summed E-state index contributed by atoms with van der Waals surface area (Å²) in [6, 6.07) is 9.81. The van der Waals surface area contributed by atoms with E-state index in [1.807, 2.05) is 0 Å². The number of carbonyl (C=O) groups excluding carboxylic acids is 3. The van der Waals surface area contributed by atoms with E-state index < -0.39 is 17.9 Å². The third-order valence-electron chi connectivity index (χ3n) is 6.64. The maximum atomic E-state index is 13.4. The van der Waals surface area contributed by atoms with Gasteiger partial charge in [0.1, 0.15) is 17.2 Å². The number of aryl methyl sites for hydroxylation is 3. The Morgan fingerprint density at radius 3 is 2.12 bits per heavy atom. The van der Waals surface area contributed by atoms with Crippen molar-refractivity contribution in [2.24, 2.45) is 21.1 Å². The van der Waals surface area contributed by atoms with Crippen molar-refractivity contribution >= 4 is 57.6 Å². The molecule has 5 rings (SSSR count). The number of carbonyl (C=O) groups is 4. The van der Waals surface area contributed by atoms with Gasteiger partial charge in [-0.2, -0.15) is 0 Å². The zero-order valence-electron chi connectivity index (χ0n) is 22.6. The molecule has 5 N–H and O–H groups in total. The summed E-state index contributed by atoms with van der Waals surface area (Å²) < 4.78 is 6.13. The molecule has 0 fully saturated rings. The highest BCUT2D eigenvalue weighted by molar-refractivity contribution is 6.07. The fourth-order valence-corrected chi connectivity index (χ4v) is 4.54. The molecule has 0 saturated heterocycles. The van der Waals surface area contributed by atoms with Crippen molar-refractivity contribution in [2.75, 3.05) is 28.3 Å². The summed E-state index contributed by atoms with van der Waals surface area (Å²) in [6.07, 6.45) is 5.25. The minimum atomic E-state index is -1.09. The summed E-state index contributed by atoms with van der Waals surface area (Å²) in [5.74, 6) is -0.909. The first-order valence-electron chi connectivity index (χ1n) is 12.3. The maximum absolute atomic E-state index is 13.4. The Kier molecular flexibility index (Phi) is 6.58. The summed E-state index contributed by atoms with van der Waals surface area (Å²) in [5, 5.41) is 15.4. The fraction of sp³-hybridized carbons (Fsp3) is 0.148. The predicted molar refractivity (Wildman–Crippen MR) is 152 cm³/mol. The molecule has 14 nitrogen and oxygen atoms in total. The van der Waals surface area contributed by atoms with E-state index in [1.165, 1.54) is 28.4 Å². The predicted octanol–water partition coefficient (Wildman–Crippen LogP) is 2.94. The number of benzene rings is 1. The van der Waals surface area contributed by atoms with E-state index in [4.69, 9.17) is 5.73 Å². The summed E-state index contributed by atoms with van der Waals surface area (Å²) in [5.41, 5.74) is 8.12. The average Bonchev–Trinajstić information content (AvgIpc) is 3.68. The second-order valence-electron chi connectivity index (χ2n) is 9.53. The number of nitrogens with two attached hydrogens (primary N) is 1. The number of carboxylic acid groups (broad SMARTS) is 1. The number of anilines is 4. The van der Waals surface area contributed by atoms with Gasteiger partial charge in [-0.05, 0) is 36.4 Å². The van der Waals surface area contributed by atoms with Crippen molar-refractivity contribution in [3.05, 3.63) is 78.4 Å². The van der Waals surface area contributed by atoms with Gasteiger partial charge in [-0.1, -0.05) is 0 Å². The molecule has 0 atom stereocenters. The molecule has 41 heavy (non-hydrogen) atoms. The molecule has 0 bridgehead atoms. The lowest BCUT2D eigenvalue weighted by atomic mass is 10.2. The minimum absolute atomic E-state index is 0.127. The van der Waals surface area contributed by atoms with E-state index in [0.717, 1.165) is 4.90 Å². The van der Waals surface area contributed by atoms with Gasteiger partial charge in [0.25, 0.3) is 17.7 Å². The highest BCUT2D eigenvalue weighted by atomic mass is 16.4. The SMILES string of the molecule is CN(C(=O)O)c1ccc2c(ccn2C(=O)c2cc(NC(=O)c3cc(NC(=O)c4nc(N)cn4C)cn3C)cn2C)c1. The molecule has 3 amide bonds. The Morgan fingerprint density at radius 1 is 0.854 bits per heavy atom. The van der Waals surface area contributed by atoms with Gasteiger partial charge in [0.2, 0.25) is 5.82 Å². The largest absolute Gasteiger partial charge is 0.465 e. The number of nitrogens with one attached hydrogen (secondary N) is 2. The van der Waals surface area contributed by atoms with Crippen molar-refractivity contribution in [1.29, 1.82) is 0 Å².